The van der Waals surface area contributed by atoms with E-state index in [1.807, 2.05) is 54.7 Å². The molecule has 166 valence electrons. The number of para-hydroxylation sites is 1. The molecule has 34 heavy (non-hydrogen) atoms. The second-order valence-electron chi connectivity index (χ2n) is 9.89. The molecule has 5 aliphatic rings. The van der Waals surface area contributed by atoms with E-state index in [2.05, 4.69) is 27.9 Å². The third kappa shape index (κ3) is 2.64. The molecule has 0 N–H and O–H groups in total. The normalized spacial score (nSPS) is 30.7. The fourth-order valence-corrected chi connectivity index (χ4v) is 6.63. The van der Waals surface area contributed by atoms with Gasteiger partial charge in [0.25, 0.3) is 11.8 Å². The second-order valence-corrected chi connectivity index (χ2v) is 9.89. The van der Waals surface area contributed by atoms with Gasteiger partial charge in [0.2, 0.25) is 0 Å². The summed E-state index contributed by atoms with van der Waals surface area (Å²) in [5.41, 5.74) is 3.42. The first-order valence-corrected chi connectivity index (χ1v) is 11.8. The first kappa shape index (κ1) is 19.5. The van der Waals surface area contributed by atoms with E-state index in [1.165, 1.54) is 0 Å². The fraction of sp³-hybridized carbons (Fsp3) is 0.286. The maximum absolute atomic E-state index is 13.2. The number of hydrogen-bond acceptors (Lipinski definition) is 4. The molecule has 6 atom stereocenters. The molecule has 1 aromatic heterocycles. The van der Waals surface area contributed by atoms with Crippen LogP contribution in [-0.4, -0.2) is 27.6 Å². The van der Waals surface area contributed by atoms with Crippen LogP contribution >= 0.6 is 0 Å². The van der Waals surface area contributed by atoms with Crippen LogP contribution in [0.1, 0.15) is 23.1 Å². The molecule has 2 saturated carbocycles. The van der Waals surface area contributed by atoms with Gasteiger partial charge in [0.15, 0.2) is 0 Å². The van der Waals surface area contributed by atoms with Gasteiger partial charge >= 0.3 is 0 Å². The van der Waals surface area contributed by atoms with E-state index < -0.39 is 0 Å². The summed E-state index contributed by atoms with van der Waals surface area (Å²) in [4.78, 5) is 26.5. The van der Waals surface area contributed by atoms with Crippen LogP contribution < -0.4 is 0 Å². The van der Waals surface area contributed by atoms with E-state index in [4.69, 9.17) is 0 Å². The molecule has 0 spiro atoms. The van der Waals surface area contributed by atoms with Gasteiger partial charge in [-0.2, -0.15) is 15.4 Å². The first-order valence-electron chi connectivity index (χ1n) is 11.8. The molecule has 2 bridgehead atoms. The third-order valence-electron chi connectivity index (χ3n) is 8.25. The molecule has 8 rings (SSSR count). The lowest BCUT2D eigenvalue weighted by molar-refractivity contribution is -0.140. The zero-order valence-electron chi connectivity index (χ0n) is 18.4. The maximum atomic E-state index is 13.2. The van der Waals surface area contributed by atoms with E-state index >= 15 is 0 Å². The molecular weight excluding hydrogens is 424 g/mol. The highest BCUT2D eigenvalue weighted by Crippen LogP contribution is 2.65. The molecule has 6 heteroatoms. The smallest absolute Gasteiger partial charge is 0.254 e. The Kier molecular flexibility index (Phi) is 4.02. The van der Waals surface area contributed by atoms with Crippen LogP contribution in [0, 0.1) is 46.8 Å². The minimum atomic E-state index is -0.243. The molecule has 4 aliphatic carbocycles. The van der Waals surface area contributed by atoms with Crippen molar-refractivity contribution in [2.24, 2.45) is 40.6 Å². The number of rotatable bonds is 4. The molecular formula is C28H22N4O2. The highest BCUT2D eigenvalue weighted by Gasteiger charge is 2.67. The lowest BCUT2D eigenvalue weighted by Crippen LogP contribution is -2.40. The summed E-state index contributed by atoms with van der Waals surface area (Å²) in [7, 11) is 0. The molecule has 3 fully saturated rings. The zero-order valence-corrected chi connectivity index (χ0v) is 18.4. The Balaban J connectivity index is 1.22. The van der Waals surface area contributed by atoms with Crippen molar-refractivity contribution in [3.05, 3.63) is 83.6 Å². The molecule has 0 unspecified atom stereocenters. The number of hydrogen-bond donors (Lipinski definition) is 0. The van der Waals surface area contributed by atoms with Crippen LogP contribution in [0.5, 0.6) is 0 Å². The molecule has 2 amide bonds. The lowest BCUT2D eigenvalue weighted by Gasteiger charge is -2.37. The molecule has 0 radical (unpaired) electrons. The molecule has 2 heterocycles. The van der Waals surface area contributed by atoms with Crippen LogP contribution in [0.2, 0.25) is 0 Å². The standard InChI is InChI=1S/C28H22N4O2/c29-12-16-5-1-2-6-17(16)14-31-15-18(19-7-3-4-8-24(19)31)13-30-32-27(33)25-20-9-10-21(23-11-22(20)23)26(25)28(32)34/h1-10,13,15,20-23,25-26H,11,14H2/t20-,21-,22-,23-,25-,26+/m0/s1. The number of carbonyl (C=O) groups is 2. The Labute approximate surface area is 196 Å². The highest BCUT2D eigenvalue weighted by molar-refractivity contribution is 6.07. The van der Waals surface area contributed by atoms with Gasteiger partial charge in [-0.15, -0.1) is 0 Å². The van der Waals surface area contributed by atoms with Crippen LogP contribution in [0.3, 0.4) is 0 Å². The van der Waals surface area contributed by atoms with Gasteiger partial charge in [-0.1, -0.05) is 48.6 Å². The minimum Gasteiger partial charge on any atom is -0.342 e. The van der Waals surface area contributed by atoms with Crippen molar-refractivity contribution in [3.63, 3.8) is 0 Å². The number of allylic oxidation sites excluding steroid dienone is 2. The number of hydrazone groups is 1. The number of amides is 2. The van der Waals surface area contributed by atoms with Crippen molar-refractivity contribution in [2.75, 3.05) is 0 Å². The number of nitriles is 1. The van der Waals surface area contributed by atoms with Crippen molar-refractivity contribution in [1.29, 1.82) is 5.26 Å². The summed E-state index contributed by atoms with van der Waals surface area (Å²) >= 11 is 0. The molecule has 1 saturated heterocycles. The number of benzene rings is 2. The molecule has 6 nitrogen and oxygen atoms in total. The number of aromatic nitrogens is 1. The maximum Gasteiger partial charge on any atom is 0.254 e. The number of imide groups is 1. The third-order valence-corrected chi connectivity index (χ3v) is 8.25. The predicted octanol–water partition coefficient (Wildman–Crippen LogP) is 3.95. The van der Waals surface area contributed by atoms with E-state index in [9.17, 15) is 14.9 Å². The van der Waals surface area contributed by atoms with Crippen LogP contribution in [0.15, 0.2) is 72.0 Å². The number of fused-ring (bicyclic) bond motifs is 1. The SMILES string of the molecule is N#Cc1ccccc1Cn1cc(C=NN2C(=O)[C@@H]3[C@H]4C=C[C@@H]([C@@H]5C[C@@H]45)[C@@H]3C2=O)c2ccccc21. The quantitative estimate of drug-likeness (QED) is 0.346. The van der Waals surface area contributed by atoms with Crippen LogP contribution in [0.25, 0.3) is 10.9 Å². The average molecular weight is 447 g/mol. The summed E-state index contributed by atoms with van der Waals surface area (Å²) in [6.07, 6.45) is 9.10. The fourth-order valence-electron chi connectivity index (χ4n) is 6.63. The Morgan fingerprint density at radius 1 is 0.971 bits per heavy atom. The summed E-state index contributed by atoms with van der Waals surface area (Å²) in [5, 5.41) is 16.0. The summed E-state index contributed by atoms with van der Waals surface area (Å²) in [5.74, 6) is 0.750. The Morgan fingerprint density at radius 2 is 1.65 bits per heavy atom. The van der Waals surface area contributed by atoms with Gasteiger partial charge in [0.05, 0.1) is 29.7 Å². The van der Waals surface area contributed by atoms with Crippen molar-refractivity contribution in [2.45, 2.75) is 13.0 Å². The molecule has 3 aromatic rings. The Bertz CT molecular complexity index is 1440. The van der Waals surface area contributed by atoms with E-state index in [0.29, 0.717) is 23.9 Å². The summed E-state index contributed by atoms with van der Waals surface area (Å²) in [6, 6.07) is 17.8. The first-order chi connectivity index (χ1) is 16.7. The number of nitrogens with zero attached hydrogens (tertiary/aromatic N) is 4. The topological polar surface area (TPSA) is 78.5 Å². The molecule has 1 aliphatic heterocycles. The van der Waals surface area contributed by atoms with E-state index in [-0.39, 0.29) is 35.5 Å². The Morgan fingerprint density at radius 3 is 2.38 bits per heavy atom. The Hall–Kier alpha value is -3.98. The summed E-state index contributed by atoms with van der Waals surface area (Å²) < 4.78 is 2.08. The largest absolute Gasteiger partial charge is 0.342 e. The van der Waals surface area contributed by atoms with E-state index in [1.54, 1.807) is 6.21 Å². The van der Waals surface area contributed by atoms with Gasteiger partial charge in [0.1, 0.15) is 0 Å². The average Bonchev–Trinajstić information content (AvgIpc) is 3.58. The van der Waals surface area contributed by atoms with Crippen molar-refractivity contribution in [1.82, 2.24) is 9.58 Å². The van der Waals surface area contributed by atoms with Crippen LogP contribution in [-0.2, 0) is 16.1 Å². The number of carbonyl (C=O) groups excluding carboxylic acids is 2. The van der Waals surface area contributed by atoms with Gasteiger partial charge < -0.3 is 4.57 Å². The van der Waals surface area contributed by atoms with Crippen molar-refractivity contribution in [3.8, 4) is 6.07 Å². The molecule has 2 aromatic carbocycles. The van der Waals surface area contributed by atoms with E-state index in [0.717, 1.165) is 33.5 Å². The zero-order chi connectivity index (χ0) is 23.0. The second kappa shape index (κ2) is 7.01. The van der Waals surface area contributed by atoms with Gasteiger partial charge in [-0.25, -0.2) is 0 Å². The minimum absolute atomic E-state index is 0.150. The van der Waals surface area contributed by atoms with Crippen LogP contribution in [0.4, 0.5) is 0 Å². The van der Waals surface area contributed by atoms with Crippen molar-refractivity contribution < 1.29 is 9.59 Å². The highest BCUT2D eigenvalue weighted by atomic mass is 16.2. The predicted molar refractivity (Wildman–Crippen MR) is 126 cm³/mol. The summed E-state index contributed by atoms with van der Waals surface area (Å²) in [6.45, 7) is 0.543. The monoisotopic (exact) mass is 446 g/mol. The van der Waals surface area contributed by atoms with Gasteiger partial charge in [-0.05, 0) is 47.8 Å². The van der Waals surface area contributed by atoms with Gasteiger partial charge in [-0.3, -0.25) is 9.59 Å². The van der Waals surface area contributed by atoms with Crippen molar-refractivity contribution >= 4 is 28.9 Å². The lowest BCUT2D eigenvalue weighted by atomic mass is 9.63. The van der Waals surface area contributed by atoms with Gasteiger partial charge in [0, 0.05) is 29.2 Å².